The Bertz CT molecular complexity index is 470. The molecule has 0 radical (unpaired) electrons. The van der Waals surface area contributed by atoms with Crippen LogP contribution in [0.2, 0.25) is 4.34 Å². The summed E-state index contributed by atoms with van der Waals surface area (Å²) in [7, 11) is 0. The third-order valence-corrected chi connectivity index (χ3v) is 4.03. The van der Waals surface area contributed by atoms with Crippen LogP contribution >= 0.6 is 22.9 Å². The van der Waals surface area contributed by atoms with Gasteiger partial charge in [0.15, 0.2) is 0 Å². The molecule has 0 saturated heterocycles. The van der Waals surface area contributed by atoms with Crippen LogP contribution < -0.4 is 4.31 Å². The van der Waals surface area contributed by atoms with Crippen molar-refractivity contribution in [2.24, 2.45) is 0 Å². The lowest BCUT2D eigenvalue weighted by Crippen LogP contribution is -2.30. The molecule has 1 aromatic rings. The van der Waals surface area contributed by atoms with Gasteiger partial charge < -0.3 is 9.29 Å². The van der Waals surface area contributed by atoms with Gasteiger partial charge in [-0.1, -0.05) is 11.6 Å². The molecule has 0 aliphatic heterocycles. The van der Waals surface area contributed by atoms with Crippen LogP contribution in [0.25, 0.3) is 0 Å². The lowest BCUT2D eigenvalue weighted by molar-refractivity contribution is -0.154. The van der Waals surface area contributed by atoms with Crippen molar-refractivity contribution in [3.05, 3.63) is 16.5 Å². The molecule has 1 unspecified atom stereocenters. The monoisotopic (exact) mass is 324 g/mol. The Hall–Kier alpha value is -0.630. The Kier molecular flexibility index (Phi) is 5.79. The predicted molar refractivity (Wildman–Crippen MR) is 76.1 cm³/mol. The van der Waals surface area contributed by atoms with E-state index in [2.05, 4.69) is 0 Å². The average Bonchev–Trinajstić information content (AvgIpc) is 2.61. The summed E-state index contributed by atoms with van der Waals surface area (Å²) in [6, 6.07) is 3.20. The third kappa shape index (κ3) is 5.90. The molecule has 0 amide bonds. The first-order valence-electron chi connectivity index (χ1n) is 5.53. The number of halogens is 1. The standard InChI is InChI=1S/C11H16ClNO4S2/c1-11(2,3)17-10(14)6-7-13(19(15)16)9-5-4-8(12)18-9/h4-5H,6-7H2,1-3H3,(H,15,16)/p-1. The van der Waals surface area contributed by atoms with E-state index >= 15 is 0 Å². The number of carbonyl (C=O) groups excluding carboxylic acids is 1. The number of nitrogens with zero attached hydrogens (tertiary/aromatic N) is 1. The minimum Gasteiger partial charge on any atom is -0.755 e. The van der Waals surface area contributed by atoms with E-state index in [9.17, 15) is 13.6 Å². The number of esters is 1. The largest absolute Gasteiger partial charge is 0.755 e. The fourth-order valence-electron chi connectivity index (χ4n) is 1.28. The Morgan fingerprint density at radius 3 is 2.58 bits per heavy atom. The molecule has 0 spiro atoms. The van der Waals surface area contributed by atoms with Crippen molar-refractivity contribution in [1.29, 1.82) is 0 Å². The smallest absolute Gasteiger partial charge is 0.308 e. The maximum absolute atomic E-state index is 11.5. The fraction of sp³-hybridized carbons (Fsp3) is 0.545. The van der Waals surface area contributed by atoms with Gasteiger partial charge in [0.2, 0.25) is 0 Å². The molecule has 19 heavy (non-hydrogen) atoms. The molecule has 0 aliphatic carbocycles. The van der Waals surface area contributed by atoms with Gasteiger partial charge in [-0.25, -0.2) is 0 Å². The van der Waals surface area contributed by atoms with Crippen molar-refractivity contribution in [1.82, 2.24) is 0 Å². The van der Waals surface area contributed by atoms with E-state index < -0.39 is 22.8 Å². The first-order valence-corrected chi connectivity index (χ1v) is 7.76. The maximum atomic E-state index is 11.5. The summed E-state index contributed by atoms with van der Waals surface area (Å²) in [5.74, 6) is -0.439. The second kappa shape index (κ2) is 6.69. The summed E-state index contributed by atoms with van der Waals surface area (Å²) in [4.78, 5) is 11.5. The van der Waals surface area contributed by atoms with Crippen molar-refractivity contribution in [3.8, 4) is 0 Å². The van der Waals surface area contributed by atoms with Crippen molar-refractivity contribution in [2.75, 3.05) is 10.8 Å². The third-order valence-electron chi connectivity index (χ3n) is 1.92. The van der Waals surface area contributed by atoms with Crippen molar-refractivity contribution in [3.63, 3.8) is 0 Å². The van der Waals surface area contributed by atoms with Gasteiger partial charge in [0.05, 0.1) is 10.8 Å². The first-order chi connectivity index (χ1) is 8.69. The number of rotatable bonds is 5. The molecule has 0 fully saturated rings. The lowest BCUT2D eigenvalue weighted by atomic mass is 10.2. The Balaban J connectivity index is 2.61. The van der Waals surface area contributed by atoms with Crippen LogP contribution in [0.1, 0.15) is 27.2 Å². The van der Waals surface area contributed by atoms with E-state index in [0.717, 1.165) is 15.6 Å². The van der Waals surface area contributed by atoms with Crippen LogP contribution in [0.15, 0.2) is 12.1 Å². The number of hydrogen-bond acceptors (Lipinski definition) is 5. The summed E-state index contributed by atoms with van der Waals surface area (Å²) in [6.07, 6.45) is -0.0131. The van der Waals surface area contributed by atoms with E-state index in [-0.39, 0.29) is 13.0 Å². The van der Waals surface area contributed by atoms with Crippen molar-refractivity contribution < 1.29 is 18.3 Å². The van der Waals surface area contributed by atoms with Gasteiger partial charge in [0.1, 0.15) is 10.6 Å². The molecule has 0 N–H and O–H groups in total. The highest BCUT2D eigenvalue weighted by molar-refractivity contribution is 7.81. The summed E-state index contributed by atoms with van der Waals surface area (Å²) >= 11 is 4.44. The maximum Gasteiger partial charge on any atom is 0.308 e. The van der Waals surface area contributed by atoms with Crippen LogP contribution in [0.3, 0.4) is 0 Å². The first kappa shape index (κ1) is 16.4. The molecule has 5 nitrogen and oxygen atoms in total. The highest BCUT2D eigenvalue weighted by Gasteiger charge is 2.18. The summed E-state index contributed by atoms with van der Waals surface area (Å²) < 4.78 is 29.0. The highest BCUT2D eigenvalue weighted by atomic mass is 35.5. The number of ether oxygens (including phenoxy) is 1. The number of thiophene rings is 1. The van der Waals surface area contributed by atoms with Crippen molar-refractivity contribution in [2.45, 2.75) is 32.8 Å². The molecule has 1 rings (SSSR count). The van der Waals surface area contributed by atoms with Gasteiger partial charge in [0, 0.05) is 17.8 Å². The second-order valence-electron chi connectivity index (χ2n) is 4.73. The normalized spacial score (nSPS) is 13.1. The Morgan fingerprint density at radius 1 is 1.53 bits per heavy atom. The molecule has 0 saturated carbocycles. The zero-order valence-electron chi connectivity index (χ0n) is 10.8. The number of hydrogen-bond donors (Lipinski definition) is 0. The zero-order chi connectivity index (χ0) is 14.6. The van der Waals surface area contributed by atoms with Gasteiger partial charge >= 0.3 is 5.97 Å². The number of anilines is 1. The van der Waals surface area contributed by atoms with Crippen LogP contribution in [0.5, 0.6) is 0 Å². The molecule has 1 atom stereocenters. The number of carbonyl (C=O) groups is 1. The minimum atomic E-state index is -2.45. The molecule has 0 bridgehead atoms. The van der Waals surface area contributed by atoms with Crippen LogP contribution in [0, 0.1) is 0 Å². The van der Waals surface area contributed by atoms with Gasteiger partial charge in [-0.3, -0.25) is 13.3 Å². The SMILES string of the molecule is CC(C)(C)OC(=O)CCN(c1ccc(Cl)s1)S(=O)[O-]. The molecule has 0 aromatic carbocycles. The van der Waals surface area contributed by atoms with Gasteiger partial charge in [0.25, 0.3) is 0 Å². The molecule has 1 heterocycles. The van der Waals surface area contributed by atoms with Crippen LogP contribution in [0.4, 0.5) is 5.00 Å². The zero-order valence-corrected chi connectivity index (χ0v) is 13.2. The van der Waals surface area contributed by atoms with Gasteiger partial charge in [-0.15, -0.1) is 11.3 Å². The Labute approximate surface area is 123 Å². The molecular formula is C11H15ClNO4S2-. The summed E-state index contributed by atoms with van der Waals surface area (Å²) in [5, 5.41) is 0.474. The van der Waals surface area contributed by atoms with E-state index in [4.69, 9.17) is 16.3 Å². The van der Waals surface area contributed by atoms with Crippen molar-refractivity contribution >= 4 is 45.2 Å². The van der Waals surface area contributed by atoms with Gasteiger partial charge in [-0.05, 0) is 32.9 Å². The summed E-state index contributed by atoms with van der Waals surface area (Å²) in [6.45, 7) is 5.30. The van der Waals surface area contributed by atoms with E-state index in [1.807, 2.05) is 0 Å². The van der Waals surface area contributed by atoms with E-state index in [0.29, 0.717) is 9.34 Å². The Morgan fingerprint density at radius 2 is 2.16 bits per heavy atom. The quantitative estimate of drug-likeness (QED) is 0.617. The average molecular weight is 325 g/mol. The predicted octanol–water partition coefficient (Wildman–Crippen LogP) is 2.73. The van der Waals surface area contributed by atoms with E-state index in [1.54, 1.807) is 32.9 Å². The molecule has 0 aliphatic rings. The summed E-state index contributed by atoms with van der Waals surface area (Å²) in [5.41, 5.74) is -0.579. The van der Waals surface area contributed by atoms with Crippen LogP contribution in [-0.4, -0.2) is 26.9 Å². The molecule has 108 valence electrons. The minimum absolute atomic E-state index is 0.0131. The van der Waals surface area contributed by atoms with E-state index in [1.165, 1.54) is 0 Å². The van der Waals surface area contributed by atoms with Crippen LogP contribution in [-0.2, 0) is 20.8 Å². The topological polar surface area (TPSA) is 69.7 Å². The van der Waals surface area contributed by atoms with Gasteiger partial charge in [-0.2, -0.15) is 0 Å². The fourth-order valence-corrected chi connectivity index (χ4v) is 2.99. The highest BCUT2D eigenvalue weighted by Crippen LogP contribution is 2.30. The molecule has 1 aromatic heterocycles. The molecular weight excluding hydrogens is 310 g/mol. The lowest BCUT2D eigenvalue weighted by Gasteiger charge is -2.25. The molecule has 8 heteroatoms. The second-order valence-corrected chi connectivity index (χ2v) is 7.30.